The molecule has 2 amide bonds. The zero-order valence-electron chi connectivity index (χ0n) is 12.2. The molecule has 122 valence electrons. The summed E-state index contributed by atoms with van der Waals surface area (Å²) in [5, 5.41) is 3.18. The van der Waals surface area contributed by atoms with Crippen molar-refractivity contribution >= 4 is 28.3 Å². The number of hydrogen-bond acceptors (Lipinski definition) is 4. The molecule has 1 aromatic heterocycles. The summed E-state index contributed by atoms with van der Waals surface area (Å²) in [6.07, 6.45) is -4.42. The van der Waals surface area contributed by atoms with Gasteiger partial charge in [0.05, 0.1) is 5.69 Å². The number of thiazole rings is 1. The van der Waals surface area contributed by atoms with Crippen molar-refractivity contribution in [2.75, 3.05) is 18.4 Å². The van der Waals surface area contributed by atoms with E-state index in [1.807, 2.05) is 13.8 Å². The highest BCUT2D eigenvalue weighted by Crippen LogP contribution is 2.26. The second-order valence-corrected chi connectivity index (χ2v) is 6.42. The van der Waals surface area contributed by atoms with Crippen LogP contribution < -0.4 is 5.32 Å². The van der Waals surface area contributed by atoms with E-state index >= 15 is 0 Å². The molecule has 0 aromatic carbocycles. The van der Waals surface area contributed by atoms with E-state index in [0.29, 0.717) is 5.13 Å². The molecule has 0 unspecified atom stereocenters. The van der Waals surface area contributed by atoms with E-state index in [-0.39, 0.29) is 31.8 Å². The van der Waals surface area contributed by atoms with Crippen LogP contribution in [0, 0.1) is 19.8 Å². The fourth-order valence-electron chi connectivity index (χ4n) is 2.26. The van der Waals surface area contributed by atoms with E-state index in [0.717, 1.165) is 15.5 Å². The molecule has 1 aromatic rings. The number of nitrogens with one attached hydrogen (secondary N) is 1. The number of carbonyl (C=O) groups is 2. The van der Waals surface area contributed by atoms with E-state index < -0.39 is 18.0 Å². The highest BCUT2D eigenvalue weighted by atomic mass is 32.1. The molecule has 0 atom stereocenters. The van der Waals surface area contributed by atoms with Crippen molar-refractivity contribution < 1.29 is 22.8 Å². The van der Waals surface area contributed by atoms with Crippen LogP contribution in [0.25, 0.3) is 0 Å². The van der Waals surface area contributed by atoms with Gasteiger partial charge in [-0.25, -0.2) is 4.98 Å². The zero-order valence-corrected chi connectivity index (χ0v) is 13.0. The smallest absolute Gasteiger partial charge is 0.335 e. The minimum atomic E-state index is -4.86. The van der Waals surface area contributed by atoms with E-state index in [1.165, 1.54) is 11.3 Å². The molecule has 0 bridgehead atoms. The Balaban J connectivity index is 1.88. The van der Waals surface area contributed by atoms with Gasteiger partial charge in [-0.1, -0.05) is 0 Å². The molecule has 2 rings (SSSR count). The molecule has 1 aliphatic heterocycles. The van der Waals surface area contributed by atoms with Crippen LogP contribution in [0.5, 0.6) is 0 Å². The van der Waals surface area contributed by atoms with Crippen molar-refractivity contribution in [3.8, 4) is 0 Å². The number of nitrogens with zero attached hydrogens (tertiary/aromatic N) is 2. The number of alkyl halides is 3. The second kappa shape index (κ2) is 6.23. The van der Waals surface area contributed by atoms with Gasteiger partial charge in [-0.05, 0) is 26.7 Å². The van der Waals surface area contributed by atoms with Gasteiger partial charge in [0.2, 0.25) is 5.91 Å². The van der Waals surface area contributed by atoms with Crippen LogP contribution >= 0.6 is 11.3 Å². The van der Waals surface area contributed by atoms with Gasteiger partial charge < -0.3 is 10.2 Å². The third-order valence-corrected chi connectivity index (χ3v) is 4.64. The number of aryl methyl sites for hydroxylation is 2. The lowest BCUT2D eigenvalue weighted by atomic mass is 9.96. The number of anilines is 1. The van der Waals surface area contributed by atoms with Gasteiger partial charge in [-0.3, -0.25) is 9.59 Å². The monoisotopic (exact) mass is 335 g/mol. The van der Waals surface area contributed by atoms with Crippen molar-refractivity contribution in [3.63, 3.8) is 0 Å². The minimum Gasteiger partial charge on any atom is -0.335 e. The Hall–Kier alpha value is -1.64. The standard InChI is InChI=1S/C13H16F3N3O2S/c1-7-8(2)22-12(17-7)18-10(20)9-3-5-19(6-4-9)11(21)13(14,15)16/h9H,3-6H2,1-2H3,(H,17,18,20). The summed E-state index contributed by atoms with van der Waals surface area (Å²) in [6.45, 7) is 3.60. The lowest BCUT2D eigenvalue weighted by Gasteiger charge is -2.31. The Morgan fingerprint density at radius 1 is 1.27 bits per heavy atom. The molecular formula is C13H16F3N3O2S. The number of hydrogen-bond donors (Lipinski definition) is 1. The minimum absolute atomic E-state index is 0.0631. The maximum atomic E-state index is 12.3. The maximum absolute atomic E-state index is 12.3. The third-order valence-electron chi connectivity index (χ3n) is 3.65. The van der Waals surface area contributed by atoms with Gasteiger partial charge in [0.1, 0.15) is 0 Å². The summed E-state index contributed by atoms with van der Waals surface area (Å²) in [7, 11) is 0. The fourth-order valence-corrected chi connectivity index (χ4v) is 3.08. The van der Waals surface area contributed by atoms with Crippen LogP contribution in [-0.4, -0.2) is 41.0 Å². The van der Waals surface area contributed by atoms with Crippen molar-refractivity contribution in [2.45, 2.75) is 32.9 Å². The van der Waals surface area contributed by atoms with Crippen LogP contribution in [0.3, 0.4) is 0 Å². The topological polar surface area (TPSA) is 62.3 Å². The molecule has 0 spiro atoms. The van der Waals surface area contributed by atoms with Gasteiger partial charge in [0, 0.05) is 23.9 Å². The quantitative estimate of drug-likeness (QED) is 0.903. The van der Waals surface area contributed by atoms with Gasteiger partial charge in [-0.2, -0.15) is 13.2 Å². The van der Waals surface area contributed by atoms with Gasteiger partial charge in [0.15, 0.2) is 5.13 Å². The first-order valence-corrected chi connectivity index (χ1v) is 7.61. The number of piperidine rings is 1. The summed E-state index contributed by atoms with van der Waals surface area (Å²) in [5.41, 5.74) is 0.839. The van der Waals surface area contributed by atoms with Crippen LogP contribution in [-0.2, 0) is 9.59 Å². The van der Waals surface area contributed by atoms with E-state index in [1.54, 1.807) is 0 Å². The first-order valence-electron chi connectivity index (χ1n) is 6.79. The first-order chi connectivity index (χ1) is 10.2. The fraction of sp³-hybridized carbons (Fsp3) is 0.615. The van der Waals surface area contributed by atoms with Crippen molar-refractivity contribution in [2.24, 2.45) is 5.92 Å². The highest BCUT2D eigenvalue weighted by Gasteiger charge is 2.43. The normalized spacial score (nSPS) is 16.7. The predicted molar refractivity (Wildman–Crippen MR) is 75.6 cm³/mol. The van der Waals surface area contributed by atoms with Crippen LogP contribution in [0.4, 0.5) is 18.3 Å². The summed E-state index contributed by atoms with van der Waals surface area (Å²) >= 11 is 1.36. The number of halogens is 3. The van der Waals surface area contributed by atoms with Crippen molar-refractivity contribution in [3.05, 3.63) is 10.6 Å². The molecule has 9 heteroatoms. The molecule has 1 aliphatic rings. The van der Waals surface area contributed by atoms with E-state index in [9.17, 15) is 22.8 Å². The Labute approximate surface area is 129 Å². The molecule has 0 aliphatic carbocycles. The number of likely N-dealkylation sites (tertiary alicyclic amines) is 1. The number of aromatic nitrogens is 1. The first kappa shape index (κ1) is 16.7. The third kappa shape index (κ3) is 3.76. The highest BCUT2D eigenvalue weighted by molar-refractivity contribution is 7.15. The molecule has 22 heavy (non-hydrogen) atoms. The van der Waals surface area contributed by atoms with Crippen LogP contribution in [0.15, 0.2) is 0 Å². The van der Waals surface area contributed by atoms with E-state index in [2.05, 4.69) is 10.3 Å². The second-order valence-electron chi connectivity index (χ2n) is 5.21. The molecule has 2 heterocycles. The molecule has 0 radical (unpaired) electrons. The van der Waals surface area contributed by atoms with Gasteiger partial charge in [-0.15, -0.1) is 11.3 Å². The molecule has 1 N–H and O–H groups in total. The van der Waals surface area contributed by atoms with Crippen LogP contribution in [0.2, 0.25) is 0 Å². The Morgan fingerprint density at radius 3 is 2.32 bits per heavy atom. The zero-order chi connectivity index (χ0) is 16.5. The van der Waals surface area contributed by atoms with Gasteiger partial charge >= 0.3 is 12.1 Å². The largest absolute Gasteiger partial charge is 0.471 e. The van der Waals surface area contributed by atoms with Crippen molar-refractivity contribution in [1.82, 2.24) is 9.88 Å². The summed E-state index contributed by atoms with van der Waals surface area (Å²) < 4.78 is 37.0. The van der Waals surface area contributed by atoms with Gasteiger partial charge in [0.25, 0.3) is 0 Å². The lowest BCUT2D eigenvalue weighted by Crippen LogP contribution is -2.46. The summed E-state index contributed by atoms with van der Waals surface area (Å²) in [6, 6.07) is 0. The number of amides is 2. The maximum Gasteiger partial charge on any atom is 0.471 e. The molecular weight excluding hydrogens is 319 g/mol. The Kier molecular flexibility index (Phi) is 4.74. The molecule has 1 fully saturated rings. The molecule has 5 nitrogen and oxygen atoms in total. The summed E-state index contributed by atoms with van der Waals surface area (Å²) in [4.78, 5) is 29.2. The number of carbonyl (C=O) groups excluding carboxylic acids is 2. The average Bonchev–Trinajstić information content (AvgIpc) is 2.75. The Bertz CT molecular complexity index is 558. The summed E-state index contributed by atoms with van der Waals surface area (Å²) in [5.74, 6) is -2.49. The number of rotatable bonds is 2. The Morgan fingerprint density at radius 2 is 1.86 bits per heavy atom. The average molecular weight is 335 g/mol. The lowest BCUT2D eigenvalue weighted by molar-refractivity contribution is -0.186. The molecule has 0 saturated carbocycles. The van der Waals surface area contributed by atoms with E-state index in [4.69, 9.17) is 0 Å². The predicted octanol–water partition coefficient (Wildman–Crippen LogP) is 2.50. The SMILES string of the molecule is Cc1nc(NC(=O)C2CCN(C(=O)C(F)(F)F)CC2)sc1C. The van der Waals surface area contributed by atoms with Crippen molar-refractivity contribution in [1.29, 1.82) is 0 Å². The molecule has 1 saturated heterocycles. The van der Waals surface area contributed by atoms with Crippen LogP contribution in [0.1, 0.15) is 23.4 Å².